The number of aryl methyl sites for hydroxylation is 2. The molecule has 1 heterocycles. The van der Waals surface area contributed by atoms with E-state index < -0.39 is 0 Å². The van der Waals surface area contributed by atoms with Gasteiger partial charge in [-0.3, -0.25) is 0 Å². The first-order valence-corrected chi connectivity index (χ1v) is 5.73. The number of benzene rings is 2. The van der Waals surface area contributed by atoms with Gasteiger partial charge in [0.15, 0.2) is 0 Å². The standard InChI is InChI=1S/C14H13BO2/c1-10-7-8-11(2)12(9-10)15-16-13-5-3-4-6-14(13)17-15/h3-9H,1-2H3. The SMILES string of the molecule is Cc1ccc(C)c(B2Oc3ccccc3O2)c1. The number of hydrogen-bond acceptors (Lipinski definition) is 2. The molecule has 2 aromatic rings. The van der Waals surface area contributed by atoms with Crippen LogP contribution in [0.4, 0.5) is 0 Å². The zero-order valence-corrected chi connectivity index (χ0v) is 9.94. The molecule has 0 spiro atoms. The van der Waals surface area contributed by atoms with Gasteiger partial charge < -0.3 is 9.31 Å². The van der Waals surface area contributed by atoms with Gasteiger partial charge in [0.05, 0.1) is 0 Å². The lowest BCUT2D eigenvalue weighted by Crippen LogP contribution is -2.40. The van der Waals surface area contributed by atoms with Crippen LogP contribution < -0.4 is 14.8 Å². The molecule has 0 atom stereocenters. The van der Waals surface area contributed by atoms with E-state index in [1.165, 1.54) is 11.1 Å². The fourth-order valence-corrected chi connectivity index (χ4v) is 2.04. The predicted molar refractivity (Wildman–Crippen MR) is 69.0 cm³/mol. The van der Waals surface area contributed by atoms with Crippen molar-refractivity contribution in [3.63, 3.8) is 0 Å². The molecule has 0 saturated carbocycles. The first kappa shape index (κ1) is 10.3. The van der Waals surface area contributed by atoms with Gasteiger partial charge in [-0.05, 0) is 31.5 Å². The second kappa shape index (κ2) is 3.84. The van der Waals surface area contributed by atoms with E-state index in [9.17, 15) is 0 Å². The van der Waals surface area contributed by atoms with Crippen LogP contribution in [0.25, 0.3) is 0 Å². The van der Waals surface area contributed by atoms with Gasteiger partial charge in [0.25, 0.3) is 0 Å². The van der Waals surface area contributed by atoms with Crippen LogP contribution in [-0.4, -0.2) is 7.12 Å². The Hall–Kier alpha value is -1.90. The normalized spacial score (nSPS) is 12.9. The van der Waals surface area contributed by atoms with Crippen molar-refractivity contribution in [2.75, 3.05) is 0 Å². The van der Waals surface area contributed by atoms with Crippen molar-refractivity contribution < 1.29 is 9.31 Å². The molecule has 0 radical (unpaired) electrons. The van der Waals surface area contributed by atoms with E-state index in [4.69, 9.17) is 9.31 Å². The largest absolute Gasteiger partial charge is 0.633 e. The molecule has 0 aliphatic carbocycles. The molecular weight excluding hydrogens is 211 g/mol. The molecular formula is C14H13BO2. The van der Waals surface area contributed by atoms with Gasteiger partial charge in [0, 0.05) is 5.46 Å². The number of para-hydroxylation sites is 2. The Bertz CT molecular complexity index is 541. The minimum absolute atomic E-state index is 0.313. The van der Waals surface area contributed by atoms with Crippen molar-refractivity contribution in [3.8, 4) is 11.5 Å². The third-order valence-electron chi connectivity index (χ3n) is 3.01. The fraction of sp³-hybridized carbons (Fsp3) is 0.143. The Morgan fingerprint density at radius 3 is 2.18 bits per heavy atom. The van der Waals surface area contributed by atoms with E-state index in [0.717, 1.165) is 17.0 Å². The third kappa shape index (κ3) is 1.78. The molecule has 2 aromatic carbocycles. The van der Waals surface area contributed by atoms with Crippen LogP contribution in [0.15, 0.2) is 42.5 Å². The van der Waals surface area contributed by atoms with E-state index in [1.807, 2.05) is 24.3 Å². The van der Waals surface area contributed by atoms with Crippen molar-refractivity contribution in [1.29, 1.82) is 0 Å². The van der Waals surface area contributed by atoms with E-state index in [0.29, 0.717) is 0 Å². The topological polar surface area (TPSA) is 18.5 Å². The number of hydrogen-bond donors (Lipinski definition) is 0. The summed E-state index contributed by atoms with van der Waals surface area (Å²) in [5.74, 6) is 1.64. The van der Waals surface area contributed by atoms with Gasteiger partial charge >= 0.3 is 7.12 Å². The molecule has 0 unspecified atom stereocenters. The summed E-state index contributed by atoms with van der Waals surface area (Å²) in [6.07, 6.45) is 0. The summed E-state index contributed by atoms with van der Waals surface area (Å²) in [6.45, 7) is 4.15. The van der Waals surface area contributed by atoms with Gasteiger partial charge in [-0.25, -0.2) is 0 Å². The maximum absolute atomic E-state index is 5.81. The van der Waals surface area contributed by atoms with E-state index in [-0.39, 0.29) is 7.12 Å². The summed E-state index contributed by atoms with van der Waals surface area (Å²) >= 11 is 0. The highest BCUT2D eigenvalue weighted by molar-refractivity contribution is 6.64. The van der Waals surface area contributed by atoms with Crippen LogP contribution in [0.1, 0.15) is 11.1 Å². The lowest BCUT2D eigenvalue weighted by atomic mass is 9.76. The van der Waals surface area contributed by atoms with Gasteiger partial charge in [-0.2, -0.15) is 0 Å². The summed E-state index contributed by atoms with van der Waals surface area (Å²) in [7, 11) is -0.313. The Labute approximate surface area is 101 Å². The third-order valence-corrected chi connectivity index (χ3v) is 3.01. The van der Waals surface area contributed by atoms with Crippen LogP contribution in [0.3, 0.4) is 0 Å². The summed E-state index contributed by atoms with van der Waals surface area (Å²) in [4.78, 5) is 0. The summed E-state index contributed by atoms with van der Waals surface area (Å²) in [5.41, 5.74) is 3.50. The molecule has 2 nitrogen and oxygen atoms in total. The molecule has 0 bridgehead atoms. The van der Waals surface area contributed by atoms with Gasteiger partial charge in [0.2, 0.25) is 0 Å². The molecule has 1 aliphatic rings. The molecule has 3 heteroatoms. The highest BCUT2D eigenvalue weighted by atomic mass is 16.6. The lowest BCUT2D eigenvalue weighted by Gasteiger charge is -2.09. The zero-order valence-electron chi connectivity index (χ0n) is 9.94. The van der Waals surface area contributed by atoms with E-state index >= 15 is 0 Å². The van der Waals surface area contributed by atoms with E-state index in [2.05, 4.69) is 32.0 Å². The predicted octanol–water partition coefficient (Wildman–Crippen LogP) is 2.47. The van der Waals surface area contributed by atoms with Crippen LogP contribution >= 0.6 is 0 Å². The quantitative estimate of drug-likeness (QED) is 0.692. The van der Waals surface area contributed by atoms with Crippen molar-refractivity contribution in [2.45, 2.75) is 13.8 Å². The number of fused-ring (bicyclic) bond motifs is 1. The van der Waals surface area contributed by atoms with Gasteiger partial charge in [-0.15, -0.1) is 0 Å². The molecule has 0 N–H and O–H groups in total. The zero-order chi connectivity index (χ0) is 11.8. The molecule has 0 amide bonds. The second-order valence-corrected chi connectivity index (χ2v) is 4.37. The Balaban J connectivity index is 1.96. The first-order valence-electron chi connectivity index (χ1n) is 5.73. The Morgan fingerprint density at radius 1 is 0.882 bits per heavy atom. The van der Waals surface area contributed by atoms with Crippen molar-refractivity contribution in [3.05, 3.63) is 53.6 Å². The van der Waals surface area contributed by atoms with Crippen LogP contribution in [0, 0.1) is 13.8 Å². The van der Waals surface area contributed by atoms with Crippen molar-refractivity contribution in [1.82, 2.24) is 0 Å². The average Bonchev–Trinajstić information content (AvgIpc) is 2.75. The van der Waals surface area contributed by atoms with Gasteiger partial charge in [-0.1, -0.05) is 35.9 Å². The first-order chi connectivity index (χ1) is 8.24. The summed E-state index contributed by atoms with van der Waals surface area (Å²) < 4.78 is 11.6. The highest BCUT2D eigenvalue weighted by Gasteiger charge is 2.34. The average molecular weight is 224 g/mol. The fourth-order valence-electron chi connectivity index (χ4n) is 2.04. The lowest BCUT2D eigenvalue weighted by molar-refractivity contribution is 0.518. The smallest absolute Gasteiger partial charge is 0.519 e. The summed E-state index contributed by atoms with van der Waals surface area (Å²) in [6, 6.07) is 14.1. The molecule has 0 saturated heterocycles. The van der Waals surface area contributed by atoms with Gasteiger partial charge in [0.1, 0.15) is 11.5 Å². The molecule has 3 rings (SSSR count). The summed E-state index contributed by atoms with van der Waals surface area (Å²) in [5, 5.41) is 0. The molecule has 84 valence electrons. The molecule has 0 fully saturated rings. The van der Waals surface area contributed by atoms with Crippen LogP contribution in [-0.2, 0) is 0 Å². The minimum atomic E-state index is -0.313. The Morgan fingerprint density at radius 2 is 1.53 bits per heavy atom. The minimum Gasteiger partial charge on any atom is -0.519 e. The number of rotatable bonds is 1. The van der Waals surface area contributed by atoms with Crippen molar-refractivity contribution in [2.24, 2.45) is 0 Å². The molecule has 1 aliphatic heterocycles. The Kier molecular flexibility index (Phi) is 2.32. The van der Waals surface area contributed by atoms with Crippen LogP contribution in [0.5, 0.6) is 11.5 Å². The molecule has 17 heavy (non-hydrogen) atoms. The van der Waals surface area contributed by atoms with Crippen molar-refractivity contribution >= 4 is 12.6 Å². The van der Waals surface area contributed by atoms with Crippen LogP contribution in [0.2, 0.25) is 0 Å². The maximum atomic E-state index is 5.81. The second-order valence-electron chi connectivity index (χ2n) is 4.37. The maximum Gasteiger partial charge on any atom is 0.633 e. The monoisotopic (exact) mass is 224 g/mol. The highest BCUT2D eigenvalue weighted by Crippen LogP contribution is 2.32. The molecule has 0 aromatic heterocycles. The van der Waals surface area contributed by atoms with E-state index in [1.54, 1.807) is 0 Å².